The van der Waals surface area contributed by atoms with Crippen molar-refractivity contribution in [3.05, 3.63) is 0 Å². The quantitative estimate of drug-likeness (QED) is 0.410. The van der Waals surface area contributed by atoms with Gasteiger partial charge in [0.2, 0.25) is 0 Å². The Morgan fingerprint density at radius 2 is 2.33 bits per heavy atom. The van der Waals surface area contributed by atoms with Crippen LogP contribution >= 0.6 is 11.6 Å². The lowest BCUT2D eigenvalue weighted by Crippen LogP contribution is -2.12. The van der Waals surface area contributed by atoms with Gasteiger partial charge in [-0.1, -0.05) is 0 Å². The van der Waals surface area contributed by atoms with Crippen molar-refractivity contribution in [2.24, 2.45) is 5.92 Å². The van der Waals surface area contributed by atoms with E-state index < -0.39 is 0 Å². The van der Waals surface area contributed by atoms with Crippen LogP contribution in [0, 0.1) is 5.92 Å². The molecule has 1 heterocycles. The number of fused-ring (bicyclic) bond motifs is 1. The van der Waals surface area contributed by atoms with Gasteiger partial charge in [-0.25, -0.2) is 0 Å². The molecule has 3 unspecified atom stereocenters. The van der Waals surface area contributed by atoms with Gasteiger partial charge >= 0.3 is 0 Å². The highest BCUT2D eigenvalue weighted by molar-refractivity contribution is 6.23. The summed E-state index contributed by atoms with van der Waals surface area (Å²) < 4.78 is 4.98. The van der Waals surface area contributed by atoms with E-state index in [1.54, 1.807) is 0 Å². The molecule has 1 nitrogen and oxygen atoms in total. The first kappa shape index (κ1) is 3.28. The highest BCUT2D eigenvalue weighted by atomic mass is 35.5. The van der Waals surface area contributed by atoms with Crippen LogP contribution in [0.3, 0.4) is 0 Å². The molecule has 1 saturated carbocycles. The standard InChI is InChI=1S/C4H5ClO/c5-3-2-1-6-4(2)3/h2-4H,1H2. The summed E-state index contributed by atoms with van der Waals surface area (Å²) >= 11 is 5.62. The molecule has 2 rings (SSSR count). The zero-order valence-corrected chi connectivity index (χ0v) is 3.98. The van der Waals surface area contributed by atoms with Crippen molar-refractivity contribution >= 4 is 11.6 Å². The monoisotopic (exact) mass is 104 g/mol. The molecule has 0 radical (unpaired) electrons. The number of rotatable bonds is 0. The molecular formula is C4H5ClO. The largest absolute Gasteiger partial charge is 0.376 e. The molecule has 1 aliphatic carbocycles. The van der Waals surface area contributed by atoms with E-state index in [9.17, 15) is 0 Å². The van der Waals surface area contributed by atoms with E-state index in [0.29, 0.717) is 11.5 Å². The number of ether oxygens (including phenoxy) is 1. The Hall–Kier alpha value is 0.250. The van der Waals surface area contributed by atoms with Gasteiger partial charge in [0, 0.05) is 5.92 Å². The average molecular weight is 105 g/mol. The van der Waals surface area contributed by atoms with Crippen molar-refractivity contribution in [3.63, 3.8) is 0 Å². The van der Waals surface area contributed by atoms with Crippen LogP contribution in [0.1, 0.15) is 0 Å². The highest BCUT2D eigenvalue weighted by Crippen LogP contribution is 2.47. The maximum absolute atomic E-state index is 5.62. The van der Waals surface area contributed by atoms with Gasteiger partial charge in [0.1, 0.15) is 0 Å². The Bertz CT molecular complexity index is 66.9. The van der Waals surface area contributed by atoms with Crippen LogP contribution in [0.5, 0.6) is 0 Å². The summed E-state index contributed by atoms with van der Waals surface area (Å²) in [4.78, 5) is 0. The molecule has 0 amide bonds. The Labute approximate surface area is 41.2 Å². The molecule has 2 fully saturated rings. The summed E-state index contributed by atoms with van der Waals surface area (Å²) in [5, 5.41) is 0.380. The fourth-order valence-electron chi connectivity index (χ4n) is 0.805. The molecule has 0 aromatic carbocycles. The van der Waals surface area contributed by atoms with Gasteiger partial charge in [0.15, 0.2) is 0 Å². The predicted octanol–water partition coefficient (Wildman–Crippen LogP) is 0.622. The molecule has 0 aromatic heterocycles. The fraction of sp³-hybridized carbons (Fsp3) is 1.00. The zero-order chi connectivity index (χ0) is 4.15. The van der Waals surface area contributed by atoms with Crippen molar-refractivity contribution in [2.75, 3.05) is 6.61 Å². The van der Waals surface area contributed by atoms with Gasteiger partial charge < -0.3 is 4.74 Å². The van der Waals surface area contributed by atoms with E-state index in [1.165, 1.54) is 0 Å². The third-order valence-electron chi connectivity index (χ3n) is 1.49. The number of halogens is 1. The molecule has 2 heteroatoms. The van der Waals surface area contributed by atoms with Crippen molar-refractivity contribution < 1.29 is 4.74 Å². The fourth-order valence-corrected chi connectivity index (χ4v) is 1.20. The second kappa shape index (κ2) is 0.749. The minimum Gasteiger partial charge on any atom is -0.376 e. The molecule has 1 saturated heterocycles. The van der Waals surface area contributed by atoms with Gasteiger partial charge in [-0.05, 0) is 0 Å². The smallest absolute Gasteiger partial charge is 0.0808 e. The lowest BCUT2D eigenvalue weighted by molar-refractivity contribution is 0.0232. The predicted molar refractivity (Wildman–Crippen MR) is 22.9 cm³/mol. The molecule has 0 aromatic rings. The Balaban J connectivity index is 2.11. The van der Waals surface area contributed by atoms with Gasteiger partial charge in [-0.2, -0.15) is 0 Å². The topological polar surface area (TPSA) is 9.23 Å². The molecule has 0 N–H and O–H groups in total. The maximum atomic E-state index is 5.62. The van der Waals surface area contributed by atoms with Gasteiger partial charge in [0.05, 0.1) is 18.1 Å². The SMILES string of the molecule is ClC1C2COC12. The van der Waals surface area contributed by atoms with Crippen LogP contribution in [-0.2, 0) is 4.74 Å². The summed E-state index contributed by atoms with van der Waals surface area (Å²) in [6.07, 6.45) is 0.465. The van der Waals surface area contributed by atoms with Crippen LogP contribution in [0.2, 0.25) is 0 Å². The Kier molecular flexibility index (Phi) is 0.409. The molecule has 6 heavy (non-hydrogen) atoms. The van der Waals surface area contributed by atoms with E-state index in [0.717, 1.165) is 12.5 Å². The highest BCUT2D eigenvalue weighted by Gasteiger charge is 2.57. The van der Waals surface area contributed by atoms with E-state index in [4.69, 9.17) is 16.3 Å². The van der Waals surface area contributed by atoms with Crippen LogP contribution in [0.25, 0.3) is 0 Å². The van der Waals surface area contributed by atoms with Crippen molar-refractivity contribution in [1.82, 2.24) is 0 Å². The molecule has 0 spiro atoms. The van der Waals surface area contributed by atoms with E-state index in [-0.39, 0.29) is 0 Å². The summed E-state index contributed by atoms with van der Waals surface area (Å²) in [5.74, 6) is 0.742. The molecule has 1 aliphatic heterocycles. The Morgan fingerprint density at radius 3 is 2.33 bits per heavy atom. The lowest BCUT2D eigenvalue weighted by Gasteiger charge is -2.07. The lowest BCUT2D eigenvalue weighted by atomic mass is 10.4. The third-order valence-corrected chi connectivity index (χ3v) is 2.06. The molecule has 2 aliphatic rings. The summed E-state index contributed by atoms with van der Waals surface area (Å²) in [5.41, 5.74) is 0. The van der Waals surface area contributed by atoms with Crippen molar-refractivity contribution in [2.45, 2.75) is 11.5 Å². The summed E-state index contributed by atoms with van der Waals surface area (Å²) in [6.45, 7) is 0.916. The molecule has 34 valence electrons. The first-order chi connectivity index (χ1) is 2.89. The number of hydrogen-bond acceptors (Lipinski definition) is 1. The van der Waals surface area contributed by atoms with Crippen LogP contribution in [0.4, 0.5) is 0 Å². The third kappa shape index (κ3) is 0.193. The number of hydrogen-bond donors (Lipinski definition) is 0. The molecule has 3 atom stereocenters. The average Bonchev–Trinajstić information content (AvgIpc) is 1.63. The van der Waals surface area contributed by atoms with Gasteiger partial charge in [0.25, 0.3) is 0 Å². The summed E-state index contributed by atoms with van der Waals surface area (Å²) in [7, 11) is 0. The van der Waals surface area contributed by atoms with Gasteiger partial charge in [-0.15, -0.1) is 11.6 Å². The van der Waals surface area contributed by atoms with Gasteiger partial charge in [-0.3, -0.25) is 0 Å². The first-order valence-corrected chi connectivity index (χ1v) is 2.59. The van der Waals surface area contributed by atoms with Crippen LogP contribution in [0.15, 0.2) is 0 Å². The second-order valence-electron chi connectivity index (χ2n) is 1.91. The van der Waals surface area contributed by atoms with Crippen molar-refractivity contribution in [3.8, 4) is 0 Å². The summed E-state index contributed by atoms with van der Waals surface area (Å²) in [6, 6.07) is 0. The van der Waals surface area contributed by atoms with E-state index >= 15 is 0 Å². The normalized spacial score (nSPS) is 62.5. The van der Waals surface area contributed by atoms with E-state index in [2.05, 4.69) is 0 Å². The maximum Gasteiger partial charge on any atom is 0.0808 e. The minimum atomic E-state index is 0.380. The number of alkyl halides is 1. The van der Waals surface area contributed by atoms with Crippen LogP contribution in [-0.4, -0.2) is 18.1 Å². The first-order valence-electron chi connectivity index (χ1n) is 2.15. The molecular weight excluding hydrogens is 99.5 g/mol. The second-order valence-corrected chi connectivity index (χ2v) is 2.41. The Morgan fingerprint density at radius 1 is 1.67 bits per heavy atom. The van der Waals surface area contributed by atoms with E-state index in [1.807, 2.05) is 0 Å². The zero-order valence-electron chi connectivity index (χ0n) is 3.23. The minimum absolute atomic E-state index is 0.380. The van der Waals surface area contributed by atoms with Crippen molar-refractivity contribution in [1.29, 1.82) is 0 Å². The molecule has 0 bridgehead atoms. The van der Waals surface area contributed by atoms with Crippen LogP contribution < -0.4 is 0 Å².